The second kappa shape index (κ2) is 17.5. The molecule has 10 fully saturated rings. The number of nitrogens with zero attached hydrogens (tertiary/aromatic N) is 3. The van der Waals surface area contributed by atoms with Crippen molar-refractivity contribution in [2.75, 3.05) is 5.75 Å². The van der Waals surface area contributed by atoms with Crippen molar-refractivity contribution in [3.05, 3.63) is 11.9 Å². The number of aromatic nitrogens is 3. The number of aryl methyl sites for hydroxylation is 1. The van der Waals surface area contributed by atoms with Crippen LogP contribution in [-0.4, -0.2) is 149 Å². The fourth-order valence-corrected chi connectivity index (χ4v) is 18.2. The smallest absolute Gasteiger partial charge is 0.341 e. The quantitative estimate of drug-likeness (QED) is 0.0479. The topological polar surface area (TPSA) is 292 Å². The predicted molar refractivity (Wildman–Crippen MR) is 249 cm³/mol. The van der Waals surface area contributed by atoms with Gasteiger partial charge in [0.15, 0.2) is 5.60 Å². The average Bonchev–Trinajstić information content (AvgIpc) is 4.01. The summed E-state index contributed by atoms with van der Waals surface area (Å²) in [6, 6.07) is 0.208. The van der Waals surface area contributed by atoms with E-state index in [-0.39, 0.29) is 55.4 Å². The second-order valence-electron chi connectivity index (χ2n) is 23.6. The van der Waals surface area contributed by atoms with Crippen LogP contribution in [0, 0.1) is 57.7 Å². The number of carbonyl (C=O) groups excluding carboxylic acids is 6. The zero-order valence-electron chi connectivity index (χ0n) is 41.9. The summed E-state index contributed by atoms with van der Waals surface area (Å²) in [7, 11) is 0. The van der Waals surface area contributed by atoms with E-state index in [1.165, 1.54) is 20.8 Å². The summed E-state index contributed by atoms with van der Waals surface area (Å²) >= 11 is 1.86. The molecule has 0 bridgehead atoms. The molecular formula is C50H70N6O15S. The Morgan fingerprint density at radius 3 is 2.40 bits per heavy atom. The molecule has 1 aromatic heterocycles. The maximum absolute atomic E-state index is 14.5. The molecule has 6 N–H and O–H groups in total. The highest BCUT2D eigenvalue weighted by Gasteiger charge is 2.93. The van der Waals surface area contributed by atoms with Crippen LogP contribution < -0.4 is 16.0 Å². The number of hydrogen-bond donors (Lipinski definition) is 6. The predicted octanol–water partition coefficient (Wildman–Crippen LogP) is 1.66. The highest BCUT2D eigenvalue weighted by Crippen LogP contribution is 2.81. The molecule has 0 aromatic carbocycles. The Kier molecular flexibility index (Phi) is 12.2. The standard InChI is InChI=1S/C50H70N6O15S/c1-21-33-36(48(6)49(7,65)44(63)71-50(48)42(21)70-50)39(34-32-27(59)16-24-17-28-38(68-28)41(62)46(24,4)35(32)40(66-22(2)57)43(47(33,34)5)67-23(3)58)69-31(61)14-10-11-15-56-19-25(54-55-56)18-51-30(60)13-9-8-12-29-37-26(20-72-29)52-45(64)53-37/h19,21,24,26-29,32-43,59,62,65H,8-18,20H2,1-7H3,(H,51,60)(H2,52,53,64)/t21-,24-,26-,27-,28-,29-,32?,33-,34+,35?,36-,37-,38-,39-,40-,41-,42+,43-,46-,47+,48-,49+,50-/m0/s1. The number of urea groups is 1. The second-order valence-corrected chi connectivity index (χ2v) is 24.9. The van der Waals surface area contributed by atoms with Crippen LogP contribution in [0.15, 0.2) is 6.20 Å². The lowest BCUT2D eigenvalue weighted by Crippen LogP contribution is -2.72. The SMILES string of the molecule is CC(=O)O[C@H]1C2C([C@@H]3[C@H](OC(=O)CCCCn4cc(CNC(=O)CCCC[C@@H]5SC[C@@H]6NC(=O)N[C@@H]65)nn4)[C@@H]4[C@H]([C@H](C)[C@H]5O[C@]56OC(=O)[C@@](C)(O)[C@]46C)[C@@]3(C)[C@H]1OC(C)=O)[C@@H](O)C[C@H]1C[C@@H]3O[C@@H]3[C@H](O)[C@]21C. The van der Waals surface area contributed by atoms with E-state index in [0.717, 1.165) is 25.0 Å². The molecule has 6 heterocycles. The van der Waals surface area contributed by atoms with Crippen molar-refractivity contribution in [1.29, 1.82) is 0 Å². The number of rotatable bonds is 15. The van der Waals surface area contributed by atoms with E-state index in [2.05, 4.69) is 26.3 Å². The van der Waals surface area contributed by atoms with Gasteiger partial charge in [0.05, 0.1) is 48.6 Å². The van der Waals surface area contributed by atoms with E-state index in [0.29, 0.717) is 43.2 Å². The molecule has 5 saturated carbocycles. The molecule has 0 radical (unpaired) electrons. The molecule has 72 heavy (non-hydrogen) atoms. The number of epoxide rings is 2. The Balaban J connectivity index is 0.812. The van der Waals surface area contributed by atoms with Gasteiger partial charge in [-0.05, 0) is 76.0 Å². The number of unbranched alkanes of at least 4 members (excludes halogenated alkanes) is 2. The largest absolute Gasteiger partial charge is 0.462 e. The fraction of sp³-hybridized carbons (Fsp3) is 0.840. The summed E-state index contributed by atoms with van der Waals surface area (Å²) in [6.07, 6.45) is -0.517. The number of fused-ring (bicyclic) bond motifs is 10. The first-order valence-corrected chi connectivity index (χ1v) is 27.2. The number of carbonyl (C=O) groups is 6. The first-order chi connectivity index (χ1) is 34.1. The van der Waals surface area contributed by atoms with Crippen molar-refractivity contribution in [1.82, 2.24) is 30.9 Å². The fourth-order valence-electron chi connectivity index (χ4n) is 16.7. The van der Waals surface area contributed by atoms with Gasteiger partial charge in [-0.1, -0.05) is 32.4 Å². The maximum Gasteiger partial charge on any atom is 0.341 e. The zero-order chi connectivity index (χ0) is 51.2. The third kappa shape index (κ3) is 7.31. The third-order valence-electron chi connectivity index (χ3n) is 20.0. The van der Waals surface area contributed by atoms with Crippen molar-refractivity contribution >= 4 is 47.6 Å². The van der Waals surface area contributed by atoms with E-state index in [1.54, 1.807) is 17.8 Å². The molecule has 5 aliphatic heterocycles. The number of nitrogens with one attached hydrogen (secondary N) is 3. The van der Waals surface area contributed by atoms with Crippen molar-refractivity contribution in [2.45, 2.75) is 197 Å². The van der Waals surface area contributed by atoms with Gasteiger partial charge in [-0.2, -0.15) is 11.8 Å². The van der Waals surface area contributed by atoms with Crippen molar-refractivity contribution < 1.29 is 72.5 Å². The summed E-state index contributed by atoms with van der Waals surface area (Å²) in [5, 5.41) is 55.0. The van der Waals surface area contributed by atoms with Crippen molar-refractivity contribution in [2.24, 2.45) is 57.7 Å². The Labute approximate surface area is 421 Å². The number of aliphatic hydroxyl groups excluding tert-OH is 2. The number of amides is 3. The Hall–Kier alpha value is -4.09. The maximum atomic E-state index is 14.5. The van der Waals surface area contributed by atoms with Crippen LogP contribution in [0.25, 0.3) is 0 Å². The molecule has 10 aliphatic rings. The lowest BCUT2D eigenvalue weighted by molar-refractivity contribution is -0.280. The summed E-state index contributed by atoms with van der Waals surface area (Å²) in [5.41, 5.74) is -5.35. The van der Waals surface area contributed by atoms with E-state index in [4.69, 9.17) is 28.4 Å². The van der Waals surface area contributed by atoms with Gasteiger partial charge in [-0.3, -0.25) is 23.9 Å². The highest BCUT2D eigenvalue weighted by molar-refractivity contribution is 8.00. The minimum Gasteiger partial charge on any atom is -0.462 e. The van der Waals surface area contributed by atoms with E-state index < -0.39 is 130 Å². The van der Waals surface area contributed by atoms with E-state index >= 15 is 0 Å². The third-order valence-corrected chi connectivity index (χ3v) is 21.5. The van der Waals surface area contributed by atoms with E-state index in [1.807, 2.05) is 32.5 Å². The summed E-state index contributed by atoms with van der Waals surface area (Å²) in [6.45, 7) is 12.1. The molecular weight excluding hydrogens is 957 g/mol. The van der Waals surface area contributed by atoms with E-state index in [9.17, 15) is 44.1 Å². The van der Waals surface area contributed by atoms with Gasteiger partial charge in [0.2, 0.25) is 11.7 Å². The summed E-state index contributed by atoms with van der Waals surface area (Å²) in [5.74, 6) is -8.13. The van der Waals surface area contributed by atoms with Crippen LogP contribution in [0.4, 0.5) is 4.79 Å². The minimum absolute atomic E-state index is 0.0253. The van der Waals surface area contributed by atoms with Gasteiger partial charge in [0.25, 0.3) is 0 Å². The van der Waals surface area contributed by atoms with Crippen LogP contribution in [0.3, 0.4) is 0 Å². The van der Waals surface area contributed by atoms with Gasteiger partial charge in [-0.15, -0.1) is 5.10 Å². The normalized spacial score (nSPS) is 48.4. The van der Waals surface area contributed by atoms with Crippen LogP contribution >= 0.6 is 11.8 Å². The number of ether oxygens (including phenoxy) is 6. The van der Waals surface area contributed by atoms with Crippen LogP contribution in [0.1, 0.15) is 112 Å². The Morgan fingerprint density at radius 1 is 0.917 bits per heavy atom. The molecule has 5 aliphatic carbocycles. The van der Waals surface area contributed by atoms with Crippen LogP contribution in [0.2, 0.25) is 0 Å². The molecule has 5 saturated heterocycles. The first-order valence-electron chi connectivity index (χ1n) is 26.1. The van der Waals surface area contributed by atoms with Gasteiger partial charge in [-0.25, -0.2) is 9.59 Å². The molecule has 1 aromatic rings. The molecule has 23 atom stereocenters. The Morgan fingerprint density at radius 2 is 1.65 bits per heavy atom. The van der Waals surface area contributed by atoms with Gasteiger partial charge >= 0.3 is 29.9 Å². The lowest BCUT2D eigenvalue weighted by atomic mass is 9.41. The summed E-state index contributed by atoms with van der Waals surface area (Å²) < 4.78 is 39.6. The molecule has 2 unspecified atom stereocenters. The number of aliphatic hydroxyl groups is 3. The van der Waals surface area contributed by atoms with Gasteiger partial charge in [0, 0.05) is 72.8 Å². The number of esters is 4. The molecule has 1 spiro atoms. The molecule has 3 amide bonds. The number of hydrogen-bond acceptors (Lipinski definition) is 18. The molecule has 22 heteroatoms. The lowest BCUT2D eigenvalue weighted by Gasteiger charge is -2.65. The molecule has 396 valence electrons. The molecule has 11 rings (SSSR count). The van der Waals surface area contributed by atoms with Gasteiger partial charge < -0.3 is 59.7 Å². The van der Waals surface area contributed by atoms with Crippen LogP contribution in [0.5, 0.6) is 0 Å². The zero-order valence-corrected chi connectivity index (χ0v) is 42.8. The average molecular weight is 1030 g/mol. The first kappa shape index (κ1) is 50.1. The monoisotopic (exact) mass is 1030 g/mol. The minimum atomic E-state index is -2.14. The Bertz CT molecular complexity index is 2410. The van der Waals surface area contributed by atoms with Crippen molar-refractivity contribution in [3.8, 4) is 0 Å². The summed E-state index contributed by atoms with van der Waals surface area (Å²) in [4.78, 5) is 79.5. The molecule has 21 nitrogen and oxygen atoms in total. The highest BCUT2D eigenvalue weighted by atomic mass is 32.2. The van der Waals surface area contributed by atoms with Crippen molar-refractivity contribution in [3.63, 3.8) is 0 Å². The van der Waals surface area contributed by atoms with Crippen LogP contribution in [-0.2, 0) is 65.5 Å². The number of thioether (sulfide) groups is 1. The van der Waals surface area contributed by atoms with Gasteiger partial charge in [0.1, 0.15) is 36.2 Å².